The number of hydrogen-bond acceptors (Lipinski definition) is 5. The van der Waals surface area contributed by atoms with Crippen molar-refractivity contribution in [2.45, 2.75) is 18.7 Å². The number of halogens is 1. The molecule has 0 aliphatic rings. The maximum atomic E-state index is 13.4. The normalized spacial score (nSPS) is 11.1. The molecule has 0 aliphatic carbocycles. The Balaban J connectivity index is 1.94. The van der Waals surface area contributed by atoms with Gasteiger partial charge in [0.05, 0.1) is 17.2 Å². The van der Waals surface area contributed by atoms with Gasteiger partial charge >= 0.3 is 0 Å². The molecule has 0 fully saturated rings. The summed E-state index contributed by atoms with van der Waals surface area (Å²) in [6, 6.07) is 19.6. The van der Waals surface area contributed by atoms with Gasteiger partial charge in [-0.25, -0.2) is 8.42 Å². The molecule has 0 unspecified atom stereocenters. The summed E-state index contributed by atoms with van der Waals surface area (Å²) in [5.41, 5.74) is 1.11. The fourth-order valence-electron chi connectivity index (χ4n) is 2.84. The van der Waals surface area contributed by atoms with Crippen molar-refractivity contribution < 1.29 is 22.7 Å². The van der Waals surface area contributed by atoms with Crippen LogP contribution in [-0.2, 0) is 14.8 Å². The second kappa shape index (κ2) is 9.98. The predicted molar refractivity (Wildman–Crippen MR) is 123 cm³/mol. The number of rotatable bonds is 8. The second-order valence-corrected chi connectivity index (χ2v) is 9.35. The van der Waals surface area contributed by atoms with Gasteiger partial charge in [0.25, 0.3) is 15.9 Å². The first kappa shape index (κ1) is 22.8. The van der Waals surface area contributed by atoms with E-state index in [1.165, 1.54) is 24.3 Å². The van der Waals surface area contributed by atoms with Crippen LogP contribution in [0.1, 0.15) is 12.5 Å². The van der Waals surface area contributed by atoms with Crippen LogP contribution in [0, 0.1) is 6.92 Å². The van der Waals surface area contributed by atoms with Crippen LogP contribution in [0.5, 0.6) is 11.5 Å². The van der Waals surface area contributed by atoms with E-state index in [4.69, 9.17) is 9.47 Å². The lowest BCUT2D eigenvalue weighted by Gasteiger charge is -2.23. The highest BCUT2D eigenvalue weighted by atomic mass is 79.9. The van der Waals surface area contributed by atoms with Gasteiger partial charge in [-0.15, -0.1) is 0 Å². The summed E-state index contributed by atoms with van der Waals surface area (Å²) in [4.78, 5) is 13.1. The van der Waals surface area contributed by atoms with E-state index in [9.17, 15) is 13.2 Å². The maximum absolute atomic E-state index is 13.4. The summed E-state index contributed by atoms with van der Waals surface area (Å²) in [5.74, 6) is 0.309. The monoisotopic (exact) mass is 503 g/mol. The van der Waals surface area contributed by atoms with Crippen molar-refractivity contribution in [3.63, 3.8) is 0 Å². The Morgan fingerprint density at radius 3 is 2.23 bits per heavy atom. The Bertz CT molecular complexity index is 1150. The van der Waals surface area contributed by atoms with Crippen molar-refractivity contribution in [3.8, 4) is 11.5 Å². The topological polar surface area (TPSA) is 72.9 Å². The van der Waals surface area contributed by atoms with E-state index in [-0.39, 0.29) is 10.6 Å². The number of nitrogens with zero attached hydrogens (tertiary/aromatic N) is 1. The Labute approximate surface area is 190 Å². The van der Waals surface area contributed by atoms with E-state index < -0.39 is 22.5 Å². The molecular formula is C23H22BrNO5S. The van der Waals surface area contributed by atoms with Crippen LogP contribution in [0.15, 0.2) is 82.2 Å². The van der Waals surface area contributed by atoms with E-state index in [1.807, 2.05) is 19.9 Å². The van der Waals surface area contributed by atoms with E-state index in [0.717, 1.165) is 14.3 Å². The van der Waals surface area contributed by atoms with E-state index in [0.29, 0.717) is 18.1 Å². The summed E-state index contributed by atoms with van der Waals surface area (Å²) in [6.45, 7) is 3.74. The molecule has 6 nitrogen and oxygen atoms in total. The van der Waals surface area contributed by atoms with Gasteiger partial charge in [0.15, 0.2) is 6.61 Å². The molecule has 0 atom stereocenters. The van der Waals surface area contributed by atoms with Crippen LogP contribution in [0.2, 0.25) is 0 Å². The minimum Gasteiger partial charge on any atom is -0.494 e. The Hall–Kier alpha value is -2.84. The Kier molecular flexibility index (Phi) is 7.35. The quantitative estimate of drug-likeness (QED) is 0.434. The zero-order chi connectivity index (χ0) is 22.4. The van der Waals surface area contributed by atoms with Crippen molar-refractivity contribution in [1.29, 1.82) is 0 Å². The number of amides is 1. The van der Waals surface area contributed by atoms with E-state index >= 15 is 0 Å². The standard InChI is InChI=1S/C23H22BrNO5S/c1-3-29-20-11-9-19(10-12-20)25(31(27,28)22-13-7-17(2)8-14-22)23(26)16-30-21-6-4-5-18(24)15-21/h4-15H,3,16H2,1-2H3. The van der Waals surface area contributed by atoms with Crippen molar-refractivity contribution in [3.05, 3.63) is 82.8 Å². The van der Waals surface area contributed by atoms with Gasteiger partial charge in [0.1, 0.15) is 11.5 Å². The van der Waals surface area contributed by atoms with Crippen molar-refractivity contribution in [2.24, 2.45) is 0 Å². The Morgan fingerprint density at radius 1 is 0.935 bits per heavy atom. The average Bonchev–Trinajstić information content (AvgIpc) is 2.74. The molecule has 3 rings (SSSR count). The van der Waals surface area contributed by atoms with Crippen LogP contribution >= 0.6 is 15.9 Å². The summed E-state index contributed by atoms with van der Waals surface area (Å²) < 4.78 is 39.3. The third-order valence-corrected chi connectivity index (χ3v) is 6.58. The van der Waals surface area contributed by atoms with Gasteiger partial charge < -0.3 is 9.47 Å². The summed E-state index contributed by atoms with van der Waals surface area (Å²) in [6.07, 6.45) is 0. The Morgan fingerprint density at radius 2 is 1.61 bits per heavy atom. The van der Waals surface area contributed by atoms with Gasteiger partial charge in [-0.3, -0.25) is 4.79 Å². The number of ether oxygens (including phenoxy) is 2. The molecular weight excluding hydrogens is 482 g/mol. The molecule has 0 radical (unpaired) electrons. The maximum Gasteiger partial charge on any atom is 0.278 e. The SMILES string of the molecule is CCOc1ccc(N(C(=O)COc2cccc(Br)c2)S(=O)(=O)c2ccc(C)cc2)cc1. The molecule has 162 valence electrons. The fraction of sp³-hybridized carbons (Fsp3) is 0.174. The van der Waals surface area contributed by atoms with Crippen LogP contribution in [0.3, 0.4) is 0 Å². The van der Waals surface area contributed by atoms with Gasteiger partial charge in [0.2, 0.25) is 0 Å². The number of carbonyl (C=O) groups excluding carboxylic acids is 1. The van der Waals surface area contributed by atoms with Crippen LogP contribution < -0.4 is 13.8 Å². The van der Waals surface area contributed by atoms with Crippen molar-refractivity contribution in [2.75, 3.05) is 17.5 Å². The summed E-state index contributed by atoms with van der Waals surface area (Å²) in [7, 11) is -4.15. The lowest BCUT2D eigenvalue weighted by Crippen LogP contribution is -2.40. The smallest absolute Gasteiger partial charge is 0.278 e. The first-order chi connectivity index (χ1) is 14.8. The minimum absolute atomic E-state index is 0.0165. The first-order valence-electron chi connectivity index (χ1n) is 9.57. The molecule has 0 N–H and O–H groups in total. The second-order valence-electron chi connectivity index (χ2n) is 6.65. The molecule has 1 amide bonds. The van der Waals surface area contributed by atoms with Gasteiger partial charge in [0, 0.05) is 4.47 Å². The molecule has 0 heterocycles. The highest BCUT2D eigenvalue weighted by molar-refractivity contribution is 9.10. The van der Waals surface area contributed by atoms with Crippen LogP contribution in [0.4, 0.5) is 5.69 Å². The third-order valence-electron chi connectivity index (χ3n) is 4.33. The van der Waals surface area contributed by atoms with Crippen molar-refractivity contribution in [1.82, 2.24) is 0 Å². The van der Waals surface area contributed by atoms with Gasteiger partial charge in [-0.1, -0.05) is 39.7 Å². The van der Waals surface area contributed by atoms with Crippen LogP contribution in [0.25, 0.3) is 0 Å². The molecule has 0 spiro atoms. The van der Waals surface area contributed by atoms with Crippen molar-refractivity contribution >= 4 is 37.5 Å². The first-order valence-corrected chi connectivity index (χ1v) is 11.8. The molecule has 3 aromatic carbocycles. The number of carbonyl (C=O) groups is 1. The molecule has 3 aromatic rings. The number of sulfonamides is 1. The molecule has 0 saturated heterocycles. The predicted octanol–water partition coefficient (Wildman–Crippen LogP) is 4.96. The summed E-state index contributed by atoms with van der Waals surface area (Å²) >= 11 is 3.34. The molecule has 8 heteroatoms. The zero-order valence-electron chi connectivity index (χ0n) is 17.1. The minimum atomic E-state index is -4.15. The lowest BCUT2D eigenvalue weighted by atomic mass is 10.2. The molecule has 0 aliphatic heterocycles. The number of benzene rings is 3. The average molecular weight is 504 g/mol. The number of aryl methyl sites for hydroxylation is 1. The molecule has 0 bridgehead atoms. The zero-order valence-corrected chi connectivity index (χ0v) is 19.5. The molecule has 0 aromatic heterocycles. The molecule has 31 heavy (non-hydrogen) atoms. The lowest BCUT2D eigenvalue weighted by molar-refractivity contribution is -0.119. The third kappa shape index (κ3) is 5.65. The van der Waals surface area contributed by atoms with E-state index in [1.54, 1.807) is 42.5 Å². The summed E-state index contributed by atoms with van der Waals surface area (Å²) in [5, 5.41) is 0. The van der Waals surface area contributed by atoms with Gasteiger partial charge in [-0.2, -0.15) is 4.31 Å². The molecule has 0 saturated carbocycles. The highest BCUT2D eigenvalue weighted by Gasteiger charge is 2.31. The largest absolute Gasteiger partial charge is 0.494 e. The van der Waals surface area contributed by atoms with Crippen LogP contribution in [-0.4, -0.2) is 27.5 Å². The van der Waals surface area contributed by atoms with E-state index in [2.05, 4.69) is 15.9 Å². The van der Waals surface area contributed by atoms with Gasteiger partial charge in [-0.05, 0) is 68.4 Å². The number of hydrogen-bond donors (Lipinski definition) is 0. The highest BCUT2D eigenvalue weighted by Crippen LogP contribution is 2.27. The fourth-order valence-corrected chi connectivity index (χ4v) is 4.63. The number of anilines is 1.